The number of imidazole rings is 1. The van der Waals surface area contributed by atoms with Crippen molar-refractivity contribution < 1.29 is 9.53 Å². The zero-order valence-corrected chi connectivity index (χ0v) is 12.6. The van der Waals surface area contributed by atoms with Crippen LogP contribution in [-0.4, -0.2) is 40.6 Å². The Morgan fingerprint density at radius 2 is 2.19 bits per heavy atom. The number of carbonyl (C=O) groups is 1. The van der Waals surface area contributed by atoms with Gasteiger partial charge in [-0.2, -0.15) is 0 Å². The lowest BCUT2D eigenvalue weighted by atomic mass is 10.0. The Kier molecular flexibility index (Phi) is 3.92. The first-order chi connectivity index (χ1) is 10.2. The summed E-state index contributed by atoms with van der Waals surface area (Å²) in [6.07, 6.45) is 3.33. The van der Waals surface area contributed by atoms with Crippen molar-refractivity contribution >= 4 is 17.0 Å². The second-order valence-electron chi connectivity index (χ2n) is 5.58. The van der Waals surface area contributed by atoms with E-state index < -0.39 is 0 Å². The van der Waals surface area contributed by atoms with Crippen molar-refractivity contribution in [2.24, 2.45) is 7.05 Å². The van der Waals surface area contributed by atoms with Crippen LogP contribution in [0, 0.1) is 0 Å². The number of aryl methyl sites for hydroxylation is 1. The molecule has 0 amide bonds. The number of piperidine rings is 1. The quantitative estimate of drug-likeness (QED) is 0.813. The molecule has 1 atom stereocenters. The fourth-order valence-electron chi connectivity index (χ4n) is 3.17. The van der Waals surface area contributed by atoms with Crippen LogP contribution in [0.4, 0.5) is 0 Å². The van der Waals surface area contributed by atoms with Crippen LogP contribution in [0.3, 0.4) is 0 Å². The smallest absolute Gasteiger partial charge is 0.319 e. The number of ether oxygens (including phenoxy) is 1. The number of esters is 1. The predicted octanol–water partition coefficient (Wildman–Crippen LogP) is 2.27. The summed E-state index contributed by atoms with van der Waals surface area (Å²) in [7, 11) is 3.49. The molecule has 0 aliphatic carbocycles. The minimum atomic E-state index is -0.180. The number of aromatic nitrogens is 2. The van der Waals surface area contributed by atoms with Crippen molar-refractivity contribution in [3.8, 4) is 0 Å². The maximum absolute atomic E-state index is 11.6. The highest BCUT2D eigenvalue weighted by Gasteiger charge is 2.29. The predicted molar refractivity (Wildman–Crippen MR) is 80.9 cm³/mol. The van der Waals surface area contributed by atoms with E-state index in [1.165, 1.54) is 13.5 Å². The minimum absolute atomic E-state index is 0.180. The van der Waals surface area contributed by atoms with E-state index in [4.69, 9.17) is 9.72 Å². The SMILES string of the molecule is COC(=O)CN1CCCCC1c1nc2ccccc2n1C. The van der Waals surface area contributed by atoms with Gasteiger partial charge in [-0.05, 0) is 31.5 Å². The minimum Gasteiger partial charge on any atom is -0.468 e. The summed E-state index contributed by atoms with van der Waals surface area (Å²) in [5.74, 6) is 0.862. The summed E-state index contributed by atoms with van der Waals surface area (Å²) in [6, 6.07) is 8.34. The van der Waals surface area contributed by atoms with Gasteiger partial charge in [0.2, 0.25) is 0 Å². The molecule has 21 heavy (non-hydrogen) atoms. The number of rotatable bonds is 3. The summed E-state index contributed by atoms with van der Waals surface area (Å²) in [4.78, 5) is 18.6. The number of methoxy groups -OCH3 is 1. The molecule has 0 saturated carbocycles. The number of nitrogens with zero attached hydrogens (tertiary/aromatic N) is 3. The summed E-state index contributed by atoms with van der Waals surface area (Å²) < 4.78 is 6.97. The molecule has 5 heteroatoms. The third kappa shape index (κ3) is 2.65. The Hall–Kier alpha value is -1.88. The van der Waals surface area contributed by atoms with Crippen molar-refractivity contribution in [2.45, 2.75) is 25.3 Å². The van der Waals surface area contributed by atoms with Crippen LogP contribution in [0.5, 0.6) is 0 Å². The van der Waals surface area contributed by atoms with Crippen LogP contribution in [0.2, 0.25) is 0 Å². The van der Waals surface area contributed by atoms with Gasteiger partial charge in [-0.15, -0.1) is 0 Å². The first kappa shape index (κ1) is 14.1. The summed E-state index contributed by atoms with van der Waals surface area (Å²) in [6.45, 7) is 1.26. The molecule has 2 heterocycles. The van der Waals surface area contributed by atoms with E-state index in [1.807, 2.05) is 18.2 Å². The zero-order valence-electron chi connectivity index (χ0n) is 12.6. The lowest BCUT2D eigenvalue weighted by molar-refractivity contribution is -0.143. The van der Waals surface area contributed by atoms with Crippen LogP contribution in [0.1, 0.15) is 31.1 Å². The van der Waals surface area contributed by atoms with Gasteiger partial charge in [-0.25, -0.2) is 4.98 Å². The lowest BCUT2D eigenvalue weighted by Gasteiger charge is -2.34. The Morgan fingerprint density at radius 1 is 1.38 bits per heavy atom. The van der Waals surface area contributed by atoms with E-state index in [1.54, 1.807) is 0 Å². The number of likely N-dealkylation sites (tertiary alicyclic amines) is 1. The Bertz CT molecular complexity index is 650. The van der Waals surface area contributed by atoms with Crippen molar-refractivity contribution in [1.82, 2.24) is 14.5 Å². The normalized spacial score (nSPS) is 19.8. The molecule has 0 bridgehead atoms. The number of benzene rings is 1. The third-order valence-electron chi connectivity index (χ3n) is 4.29. The van der Waals surface area contributed by atoms with E-state index in [-0.39, 0.29) is 12.0 Å². The van der Waals surface area contributed by atoms with Crippen molar-refractivity contribution in [2.75, 3.05) is 20.2 Å². The molecule has 5 nitrogen and oxygen atoms in total. The molecule has 1 fully saturated rings. The molecule has 0 radical (unpaired) electrons. The number of hydrogen-bond donors (Lipinski definition) is 0. The second kappa shape index (κ2) is 5.85. The van der Waals surface area contributed by atoms with Crippen LogP contribution in [0.15, 0.2) is 24.3 Å². The van der Waals surface area contributed by atoms with Gasteiger partial charge in [0, 0.05) is 7.05 Å². The van der Waals surface area contributed by atoms with Crippen LogP contribution >= 0.6 is 0 Å². The Morgan fingerprint density at radius 3 is 2.95 bits per heavy atom. The molecule has 3 rings (SSSR count). The fraction of sp³-hybridized carbons (Fsp3) is 0.500. The number of hydrogen-bond acceptors (Lipinski definition) is 4. The largest absolute Gasteiger partial charge is 0.468 e. The molecule has 0 N–H and O–H groups in total. The average molecular weight is 287 g/mol. The second-order valence-corrected chi connectivity index (χ2v) is 5.58. The van der Waals surface area contributed by atoms with Gasteiger partial charge in [-0.1, -0.05) is 18.6 Å². The molecule has 1 aromatic heterocycles. The molecular formula is C16H21N3O2. The highest BCUT2D eigenvalue weighted by Crippen LogP contribution is 2.31. The van der Waals surface area contributed by atoms with Crippen LogP contribution in [-0.2, 0) is 16.6 Å². The summed E-state index contributed by atoms with van der Waals surface area (Å²) in [5, 5.41) is 0. The molecule has 0 spiro atoms. The maximum atomic E-state index is 11.6. The monoisotopic (exact) mass is 287 g/mol. The van der Waals surface area contributed by atoms with Gasteiger partial charge in [0.1, 0.15) is 5.82 Å². The van der Waals surface area contributed by atoms with Crippen LogP contribution < -0.4 is 0 Å². The first-order valence-electron chi connectivity index (χ1n) is 7.43. The van der Waals surface area contributed by atoms with E-state index in [2.05, 4.69) is 22.6 Å². The molecule has 1 unspecified atom stereocenters. The van der Waals surface area contributed by atoms with Gasteiger partial charge in [0.15, 0.2) is 0 Å². The number of fused-ring (bicyclic) bond motifs is 1. The molecular weight excluding hydrogens is 266 g/mol. The third-order valence-corrected chi connectivity index (χ3v) is 4.29. The van der Waals surface area contributed by atoms with E-state index in [9.17, 15) is 4.79 Å². The highest BCUT2D eigenvalue weighted by atomic mass is 16.5. The maximum Gasteiger partial charge on any atom is 0.319 e. The Labute approximate surface area is 124 Å². The average Bonchev–Trinajstić information content (AvgIpc) is 2.85. The highest BCUT2D eigenvalue weighted by molar-refractivity contribution is 5.76. The first-order valence-corrected chi connectivity index (χ1v) is 7.43. The van der Waals surface area contributed by atoms with Gasteiger partial charge in [0.25, 0.3) is 0 Å². The standard InChI is InChI=1S/C16H21N3O2/c1-18-13-8-4-3-7-12(13)17-16(18)14-9-5-6-10-19(14)11-15(20)21-2/h3-4,7-8,14H,5-6,9-11H2,1-2H3. The van der Waals surface area contributed by atoms with Gasteiger partial charge in [-0.3, -0.25) is 9.69 Å². The van der Waals surface area contributed by atoms with Crippen molar-refractivity contribution in [3.63, 3.8) is 0 Å². The van der Waals surface area contributed by atoms with Crippen LogP contribution in [0.25, 0.3) is 11.0 Å². The lowest BCUT2D eigenvalue weighted by Crippen LogP contribution is -2.38. The molecule has 1 aliphatic heterocycles. The number of para-hydroxylation sites is 2. The summed E-state index contributed by atoms with van der Waals surface area (Å²) >= 11 is 0. The fourth-order valence-corrected chi connectivity index (χ4v) is 3.17. The molecule has 2 aromatic rings. The number of carbonyl (C=O) groups excluding carboxylic acids is 1. The summed E-state index contributed by atoms with van der Waals surface area (Å²) in [5.41, 5.74) is 2.15. The van der Waals surface area contributed by atoms with Gasteiger partial charge >= 0.3 is 5.97 Å². The molecule has 112 valence electrons. The van der Waals surface area contributed by atoms with E-state index >= 15 is 0 Å². The zero-order chi connectivity index (χ0) is 14.8. The molecule has 1 aliphatic rings. The Balaban J connectivity index is 1.94. The molecule has 1 aromatic carbocycles. The van der Waals surface area contributed by atoms with Crippen molar-refractivity contribution in [1.29, 1.82) is 0 Å². The van der Waals surface area contributed by atoms with Gasteiger partial charge < -0.3 is 9.30 Å². The molecule has 1 saturated heterocycles. The van der Waals surface area contributed by atoms with E-state index in [0.29, 0.717) is 6.54 Å². The topological polar surface area (TPSA) is 47.4 Å². The van der Waals surface area contributed by atoms with Crippen molar-refractivity contribution in [3.05, 3.63) is 30.1 Å². The van der Waals surface area contributed by atoms with E-state index in [0.717, 1.165) is 36.2 Å². The van der Waals surface area contributed by atoms with Gasteiger partial charge in [0.05, 0.1) is 30.7 Å².